The lowest BCUT2D eigenvalue weighted by Gasteiger charge is -1.97. The van der Waals surface area contributed by atoms with E-state index in [4.69, 9.17) is 0 Å². The summed E-state index contributed by atoms with van der Waals surface area (Å²) in [6.45, 7) is 1.72. The molecule has 0 saturated carbocycles. The Morgan fingerprint density at radius 1 is 1.37 bits per heavy atom. The van der Waals surface area contributed by atoms with Crippen LogP contribution in [0.4, 0.5) is 0 Å². The monoisotopic (exact) mass is 259 g/mol. The van der Waals surface area contributed by atoms with Crippen LogP contribution in [-0.4, -0.2) is 29.1 Å². The second-order valence-corrected chi connectivity index (χ2v) is 4.09. The highest BCUT2D eigenvalue weighted by Gasteiger charge is 2.14. The van der Waals surface area contributed by atoms with Crippen LogP contribution in [0.2, 0.25) is 0 Å². The van der Waals surface area contributed by atoms with Crippen LogP contribution in [0.15, 0.2) is 24.3 Å². The maximum atomic E-state index is 11.2. The topological polar surface area (TPSA) is 79.4 Å². The Morgan fingerprint density at radius 2 is 2.11 bits per heavy atom. The molecule has 2 rings (SSSR count). The summed E-state index contributed by atoms with van der Waals surface area (Å²) < 4.78 is 4.50. The van der Waals surface area contributed by atoms with E-state index in [1.807, 2.05) is 0 Å². The van der Waals surface area contributed by atoms with E-state index in [1.165, 1.54) is 13.2 Å². The molecule has 2 N–H and O–H groups in total. The third kappa shape index (κ3) is 2.49. The third-order valence-electron chi connectivity index (χ3n) is 2.84. The summed E-state index contributed by atoms with van der Waals surface area (Å²) in [6, 6.07) is 5.30. The first-order valence-electron chi connectivity index (χ1n) is 5.64. The van der Waals surface area contributed by atoms with Crippen LogP contribution >= 0.6 is 0 Å². The number of aromatic carboxylic acids is 1. The van der Waals surface area contributed by atoms with E-state index < -0.39 is 11.9 Å². The first kappa shape index (κ1) is 12.9. The third-order valence-corrected chi connectivity index (χ3v) is 2.84. The highest BCUT2D eigenvalue weighted by molar-refractivity contribution is 6.05. The number of nitrogens with one attached hydrogen (secondary N) is 1. The van der Waals surface area contributed by atoms with Crippen molar-refractivity contribution in [3.63, 3.8) is 0 Å². The fraction of sp³-hybridized carbons (Fsp3) is 0.143. The van der Waals surface area contributed by atoms with Crippen molar-refractivity contribution in [1.82, 2.24) is 4.98 Å². The molecule has 1 aromatic carbocycles. The zero-order chi connectivity index (χ0) is 14.0. The van der Waals surface area contributed by atoms with Gasteiger partial charge in [-0.25, -0.2) is 9.59 Å². The highest BCUT2D eigenvalue weighted by atomic mass is 16.5. The van der Waals surface area contributed by atoms with Gasteiger partial charge in [0.1, 0.15) is 0 Å². The van der Waals surface area contributed by atoms with E-state index in [0.717, 1.165) is 11.1 Å². The second kappa shape index (κ2) is 4.97. The van der Waals surface area contributed by atoms with Crippen molar-refractivity contribution < 1.29 is 19.4 Å². The molecule has 0 spiro atoms. The van der Waals surface area contributed by atoms with E-state index in [9.17, 15) is 14.7 Å². The van der Waals surface area contributed by atoms with Crippen molar-refractivity contribution in [3.8, 4) is 0 Å². The average Bonchev–Trinajstić information content (AvgIpc) is 2.70. The van der Waals surface area contributed by atoms with Gasteiger partial charge >= 0.3 is 11.9 Å². The van der Waals surface area contributed by atoms with Gasteiger partial charge in [-0.05, 0) is 30.7 Å². The normalized spacial score (nSPS) is 11.1. The summed E-state index contributed by atoms with van der Waals surface area (Å²) in [5.41, 5.74) is 2.35. The summed E-state index contributed by atoms with van der Waals surface area (Å²) in [5, 5.41) is 9.81. The molecule has 0 fully saturated rings. The minimum atomic E-state index is -0.974. The maximum absolute atomic E-state index is 11.2. The molecule has 98 valence electrons. The number of methoxy groups -OCH3 is 1. The Kier molecular flexibility index (Phi) is 3.37. The standard InChI is InChI=1S/C14H13NO4/c1-8-13(14(17)18)10-7-9(3-5-11(10)15-8)4-6-12(16)19-2/h3-7,15H,1-2H3,(H,17,18)/b6-4+. The van der Waals surface area contributed by atoms with Gasteiger partial charge in [-0.2, -0.15) is 0 Å². The van der Waals surface area contributed by atoms with Gasteiger partial charge in [-0.15, -0.1) is 0 Å². The van der Waals surface area contributed by atoms with Crippen LogP contribution in [0.25, 0.3) is 17.0 Å². The van der Waals surface area contributed by atoms with E-state index in [1.54, 1.807) is 31.2 Å². The van der Waals surface area contributed by atoms with Gasteiger partial charge in [0.25, 0.3) is 0 Å². The SMILES string of the molecule is COC(=O)/C=C/c1ccc2[nH]c(C)c(C(=O)O)c2c1. The number of carboxylic acids is 1. The van der Waals surface area contributed by atoms with E-state index in [-0.39, 0.29) is 5.56 Å². The van der Waals surface area contributed by atoms with Crippen molar-refractivity contribution in [2.45, 2.75) is 6.92 Å². The first-order chi connectivity index (χ1) is 9.02. The number of rotatable bonds is 3. The van der Waals surface area contributed by atoms with Crippen molar-refractivity contribution in [2.24, 2.45) is 0 Å². The van der Waals surface area contributed by atoms with Crippen molar-refractivity contribution >= 4 is 28.9 Å². The zero-order valence-corrected chi connectivity index (χ0v) is 10.6. The second-order valence-electron chi connectivity index (χ2n) is 4.09. The maximum Gasteiger partial charge on any atom is 0.338 e. The largest absolute Gasteiger partial charge is 0.478 e. The average molecular weight is 259 g/mol. The van der Waals surface area contributed by atoms with Gasteiger partial charge in [0, 0.05) is 22.7 Å². The molecular weight excluding hydrogens is 246 g/mol. The fourth-order valence-electron chi connectivity index (χ4n) is 1.96. The highest BCUT2D eigenvalue weighted by Crippen LogP contribution is 2.23. The number of carbonyl (C=O) groups excluding carboxylic acids is 1. The first-order valence-corrected chi connectivity index (χ1v) is 5.64. The molecule has 0 aliphatic carbocycles. The van der Waals surface area contributed by atoms with E-state index in [2.05, 4.69) is 9.72 Å². The molecule has 1 heterocycles. The number of ether oxygens (including phenoxy) is 1. The zero-order valence-electron chi connectivity index (χ0n) is 10.6. The Bertz CT molecular complexity index is 682. The molecule has 5 nitrogen and oxygen atoms in total. The minimum Gasteiger partial charge on any atom is -0.478 e. The van der Waals surface area contributed by atoms with Gasteiger partial charge in [0.2, 0.25) is 0 Å². The predicted molar refractivity (Wildman–Crippen MR) is 71.0 cm³/mol. The van der Waals surface area contributed by atoms with Gasteiger partial charge in [0.15, 0.2) is 0 Å². The molecule has 5 heteroatoms. The van der Waals surface area contributed by atoms with Gasteiger partial charge in [0.05, 0.1) is 12.7 Å². The number of benzene rings is 1. The Morgan fingerprint density at radius 3 is 2.74 bits per heavy atom. The number of H-pyrrole nitrogens is 1. The van der Waals surface area contributed by atoms with Crippen LogP contribution in [0, 0.1) is 6.92 Å². The Labute approximate surface area is 109 Å². The molecular formula is C14H13NO4. The molecule has 19 heavy (non-hydrogen) atoms. The lowest BCUT2D eigenvalue weighted by Crippen LogP contribution is -1.97. The Hall–Kier alpha value is -2.56. The summed E-state index contributed by atoms with van der Waals surface area (Å²) in [5.74, 6) is -1.43. The van der Waals surface area contributed by atoms with Crippen LogP contribution in [0.3, 0.4) is 0 Å². The number of carbonyl (C=O) groups is 2. The van der Waals surface area contributed by atoms with Crippen LogP contribution in [-0.2, 0) is 9.53 Å². The molecule has 0 amide bonds. The van der Waals surface area contributed by atoms with Crippen molar-refractivity contribution in [1.29, 1.82) is 0 Å². The number of hydrogen-bond acceptors (Lipinski definition) is 3. The number of hydrogen-bond donors (Lipinski definition) is 2. The number of esters is 1. The van der Waals surface area contributed by atoms with E-state index in [0.29, 0.717) is 11.1 Å². The van der Waals surface area contributed by atoms with Crippen LogP contribution in [0.5, 0.6) is 0 Å². The van der Waals surface area contributed by atoms with Crippen LogP contribution < -0.4 is 0 Å². The van der Waals surface area contributed by atoms with Gasteiger partial charge in [-0.1, -0.05) is 6.07 Å². The van der Waals surface area contributed by atoms with Gasteiger partial charge in [-0.3, -0.25) is 0 Å². The van der Waals surface area contributed by atoms with Crippen molar-refractivity contribution in [2.75, 3.05) is 7.11 Å². The molecule has 2 aromatic rings. The summed E-state index contributed by atoms with van der Waals surface area (Å²) in [6.07, 6.45) is 2.88. The smallest absolute Gasteiger partial charge is 0.338 e. The van der Waals surface area contributed by atoms with Crippen LogP contribution in [0.1, 0.15) is 21.6 Å². The number of aromatic nitrogens is 1. The molecule has 0 unspecified atom stereocenters. The minimum absolute atomic E-state index is 0.253. The number of carboxylic acid groups (broad SMARTS) is 1. The summed E-state index contributed by atoms with van der Waals surface area (Å²) >= 11 is 0. The number of fused-ring (bicyclic) bond motifs is 1. The lowest BCUT2D eigenvalue weighted by molar-refractivity contribution is -0.134. The molecule has 0 aliphatic rings. The summed E-state index contributed by atoms with van der Waals surface area (Å²) in [4.78, 5) is 25.2. The van der Waals surface area contributed by atoms with E-state index >= 15 is 0 Å². The van der Waals surface area contributed by atoms with Gasteiger partial charge < -0.3 is 14.8 Å². The molecule has 0 saturated heterocycles. The lowest BCUT2D eigenvalue weighted by atomic mass is 10.1. The molecule has 0 aliphatic heterocycles. The fourth-order valence-corrected chi connectivity index (χ4v) is 1.96. The molecule has 0 atom stereocenters. The predicted octanol–water partition coefficient (Wildman–Crippen LogP) is 2.36. The molecule has 0 bridgehead atoms. The Balaban J connectivity index is 2.50. The quantitative estimate of drug-likeness (QED) is 0.655. The summed E-state index contributed by atoms with van der Waals surface area (Å²) in [7, 11) is 1.30. The van der Waals surface area contributed by atoms with Crippen molar-refractivity contribution in [3.05, 3.63) is 41.1 Å². The molecule has 1 aromatic heterocycles. The number of aryl methyl sites for hydroxylation is 1. The molecule has 0 radical (unpaired) electrons. The number of aromatic amines is 1.